The third kappa shape index (κ3) is 3.26. The first-order valence-electron chi connectivity index (χ1n) is 5.27. The largest absolute Gasteiger partial charge is 0.314 e. The number of halogens is 1. The molecule has 0 aromatic rings. The van der Waals surface area contributed by atoms with Crippen LogP contribution in [-0.4, -0.2) is 37.1 Å². The predicted octanol–water partition coefficient (Wildman–Crippen LogP) is 2.20. The van der Waals surface area contributed by atoms with Crippen LogP contribution in [0.25, 0.3) is 0 Å². The van der Waals surface area contributed by atoms with Crippen LogP contribution in [0.1, 0.15) is 26.7 Å². The molecule has 1 N–H and O–H groups in total. The van der Waals surface area contributed by atoms with Crippen molar-refractivity contribution in [2.45, 2.75) is 32.2 Å². The molecule has 82 valence electrons. The molecule has 0 radical (unpaired) electrons. The van der Waals surface area contributed by atoms with E-state index in [1.54, 1.807) is 5.54 Å². The lowest BCUT2D eigenvalue weighted by molar-refractivity contribution is 0.162. The van der Waals surface area contributed by atoms with E-state index in [-0.39, 0.29) is 0 Å². The molecule has 1 heterocycles. The van der Waals surface area contributed by atoms with Crippen LogP contribution in [0.3, 0.4) is 0 Å². The van der Waals surface area contributed by atoms with E-state index in [1.807, 2.05) is 0 Å². The summed E-state index contributed by atoms with van der Waals surface area (Å²) in [6, 6.07) is 0. The van der Waals surface area contributed by atoms with Gasteiger partial charge in [0.15, 0.2) is 0 Å². The van der Waals surface area contributed by atoms with Crippen molar-refractivity contribution < 1.29 is 0 Å². The molecule has 0 amide bonds. The maximum atomic E-state index is 5.65. The van der Waals surface area contributed by atoms with Gasteiger partial charge in [0.2, 0.25) is 0 Å². The lowest BCUT2D eigenvalue weighted by Gasteiger charge is -2.39. The van der Waals surface area contributed by atoms with Gasteiger partial charge in [0, 0.05) is 30.7 Å². The van der Waals surface area contributed by atoms with Crippen molar-refractivity contribution in [3.63, 3.8) is 0 Å². The van der Waals surface area contributed by atoms with Crippen LogP contribution in [0.2, 0.25) is 0 Å². The monoisotopic (exact) mass is 216 g/mol. The fraction of sp³-hybridized carbons (Fsp3) is 0.818. The number of rotatable bonds is 3. The maximum absolute atomic E-state index is 5.65. The van der Waals surface area contributed by atoms with Crippen LogP contribution < -0.4 is 5.32 Å². The van der Waals surface area contributed by atoms with E-state index in [0.717, 1.165) is 6.54 Å². The molecule has 3 heteroatoms. The first-order valence-corrected chi connectivity index (χ1v) is 5.70. The Morgan fingerprint density at radius 3 is 2.50 bits per heavy atom. The van der Waals surface area contributed by atoms with Gasteiger partial charge >= 0.3 is 0 Å². The number of hydrogen-bond donors (Lipinski definition) is 1. The van der Waals surface area contributed by atoms with E-state index in [0.29, 0.717) is 5.54 Å². The average molecular weight is 217 g/mol. The number of nitrogens with one attached hydrogen (secondary N) is 1. The van der Waals surface area contributed by atoms with Gasteiger partial charge < -0.3 is 5.32 Å². The highest BCUT2D eigenvalue weighted by Gasteiger charge is 2.27. The number of nitrogens with zero attached hydrogens (tertiary/aromatic N) is 1. The first kappa shape index (κ1) is 12.0. The Labute approximate surface area is 92.3 Å². The molecule has 0 aromatic carbocycles. The Morgan fingerprint density at radius 2 is 2.07 bits per heavy atom. The molecule has 0 spiro atoms. The highest BCUT2D eigenvalue weighted by atomic mass is 35.5. The van der Waals surface area contributed by atoms with Crippen LogP contribution >= 0.6 is 11.6 Å². The molecular weight excluding hydrogens is 196 g/mol. The topological polar surface area (TPSA) is 15.3 Å². The van der Waals surface area contributed by atoms with Crippen molar-refractivity contribution in [3.05, 3.63) is 11.1 Å². The summed E-state index contributed by atoms with van der Waals surface area (Å²) in [6.45, 7) is 7.73. The van der Waals surface area contributed by atoms with Crippen LogP contribution in [0.15, 0.2) is 11.1 Å². The molecule has 0 atom stereocenters. The highest BCUT2D eigenvalue weighted by molar-refractivity contribution is 6.25. The summed E-state index contributed by atoms with van der Waals surface area (Å²) in [7, 11) is 2.06. The Balaban J connectivity index is 2.36. The molecule has 0 aliphatic carbocycles. The Morgan fingerprint density at radius 1 is 1.50 bits per heavy atom. The van der Waals surface area contributed by atoms with Gasteiger partial charge in [-0.3, -0.25) is 4.90 Å². The van der Waals surface area contributed by atoms with E-state index in [9.17, 15) is 0 Å². The van der Waals surface area contributed by atoms with Crippen molar-refractivity contribution in [2.24, 2.45) is 0 Å². The zero-order valence-corrected chi connectivity index (χ0v) is 10.2. The second kappa shape index (κ2) is 5.15. The number of piperidine rings is 1. The van der Waals surface area contributed by atoms with E-state index >= 15 is 0 Å². The van der Waals surface area contributed by atoms with Crippen molar-refractivity contribution in [1.82, 2.24) is 10.2 Å². The van der Waals surface area contributed by atoms with Gasteiger partial charge in [-0.25, -0.2) is 0 Å². The minimum absolute atomic E-state index is 0.342. The molecule has 0 aromatic heterocycles. The van der Waals surface area contributed by atoms with Gasteiger partial charge in [-0.2, -0.15) is 0 Å². The van der Waals surface area contributed by atoms with E-state index in [2.05, 4.69) is 31.1 Å². The van der Waals surface area contributed by atoms with Crippen molar-refractivity contribution >= 4 is 11.6 Å². The molecule has 0 bridgehead atoms. The van der Waals surface area contributed by atoms with Crippen LogP contribution in [-0.2, 0) is 0 Å². The van der Waals surface area contributed by atoms with E-state index < -0.39 is 0 Å². The van der Waals surface area contributed by atoms with Gasteiger partial charge in [0.05, 0.1) is 0 Å². The fourth-order valence-electron chi connectivity index (χ4n) is 1.84. The SMILES string of the molecule is CNC1(C)CCN(CC(C)=CCl)CC1. The molecule has 2 nitrogen and oxygen atoms in total. The van der Waals surface area contributed by atoms with Gasteiger partial charge in [-0.15, -0.1) is 0 Å². The van der Waals surface area contributed by atoms with Crippen molar-refractivity contribution in [3.8, 4) is 0 Å². The second-order valence-corrected chi connectivity index (χ2v) is 4.76. The maximum Gasteiger partial charge on any atom is 0.0201 e. The summed E-state index contributed by atoms with van der Waals surface area (Å²) in [4.78, 5) is 2.47. The minimum Gasteiger partial charge on any atom is -0.314 e. The molecule has 1 fully saturated rings. The lowest BCUT2D eigenvalue weighted by atomic mass is 9.90. The molecule has 0 saturated carbocycles. The van der Waals surface area contributed by atoms with Gasteiger partial charge in [-0.1, -0.05) is 11.6 Å². The molecule has 1 saturated heterocycles. The quantitative estimate of drug-likeness (QED) is 0.778. The Bertz CT molecular complexity index is 205. The standard InChI is InChI=1S/C11H21ClN2/c1-10(8-12)9-14-6-4-11(2,13-3)5-7-14/h8,13H,4-7,9H2,1-3H3. The highest BCUT2D eigenvalue weighted by Crippen LogP contribution is 2.21. The third-order valence-corrected chi connectivity index (χ3v) is 3.59. The van der Waals surface area contributed by atoms with Gasteiger partial charge in [-0.05, 0) is 39.3 Å². The molecule has 1 aliphatic heterocycles. The van der Waals surface area contributed by atoms with Crippen LogP contribution in [0.4, 0.5) is 0 Å². The average Bonchev–Trinajstić information content (AvgIpc) is 2.21. The second-order valence-electron chi connectivity index (χ2n) is 4.54. The lowest BCUT2D eigenvalue weighted by Crippen LogP contribution is -2.50. The zero-order chi connectivity index (χ0) is 10.6. The summed E-state index contributed by atoms with van der Waals surface area (Å²) in [5.74, 6) is 0. The summed E-state index contributed by atoms with van der Waals surface area (Å²) in [6.07, 6.45) is 2.44. The van der Waals surface area contributed by atoms with Crippen LogP contribution in [0.5, 0.6) is 0 Å². The number of likely N-dealkylation sites (tertiary alicyclic amines) is 1. The van der Waals surface area contributed by atoms with Gasteiger partial charge in [0.1, 0.15) is 0 Å². The van der Waals surface area contributed by atoms with Crippen LogP contribution in [0, 0.1) is 0 Å². The Hall–Kier alpha value is -0.0500. The Kier molecular flexibility index (Phi) is 4.42. The van der Waals surface area contributed by atoms with Crippen molar-refractivity contribution in [2.75, 3.05) is 26.7 Å². The molecular formula is C11H21ClN2. The van der Waals surface area contributed by atoms with E-state index in [1.165, 1.54) is 31.5 Å². The molecule has 1 aliphatic rings. The predicted molar refractivity (Wildman–Crippen MR) is 62.7 cm³/mol. The number of hydrogen-bond acceptors (Lipinski definition) is 2. The smallest absolute Gasteiger partial charge is 0.0201 e. The minimum atomic E-state index is 0.342. The van der Waals surface area contributed by atoms with E-state index in [4.69, 9.17) is 11.6 Å². The third-order valence-electron chi connectivity index (χ3n) is 3.22. The summed E-state index contributed by atoms with van der Waals surface area (Å²) < 4.78 is 0. The molecule has 14 heavy (non-hydrogen) atoms. The molecule has 0 unspecified atom stereocenters. The van der Waals surface area contributed by atoms with Crippen molar-refractivity contribution in [1.29, 1.82) is 0 Å². The van der Waals surface area contributed by atoms with Gasteiger partial charge in [0.25, 0.3) is 0 Å². The summed E-state index contributed by atoms with van der Waals surface area (Å²) in [5.41, 5.74) is 3.28. The first-order chi connectivity index (χ1) is 6.59. The fourth-order valence-corrected chi connectivity index (χ4v) is 1.91. The normalized spacial score (nSPS) is 23.9. The summed E-state index contributed by atoms with van der Waals surface area (Å²) >= 11 is 5.65. The summed E-state index contributed by atoms with van der Waals surface area (Å²) in [5, 5.41) is 3.40. The molecule has 1 rings (SSSR count). The zero-order valence-electron chi connectivity index (χ0n) is 9.44.